The smallest absolute Gasteiger partial charge is 0.0465 e. The van der Waals surface area contributed by atoms with Crippen molar-refractivity contribution in [1.82, 2.24) is 0 Å². The van der Waals surface area contributed by atoms with Crippen LogP contribution in [0.25, 0.3) is 16.8 Å². The lowest BCUT2D eigenvalue weighted by molar-refractivity contribution is 0.303. The molecule has 0 heterocycles. The summed E-state index contributed by atoms with van der Waals surface area (Å²) in [6.45, 7) is 0.195. The number of hydrogen-bond acceptors (Lipinski definition) is 2. The van der Waals surface area contributed by atoms with E-state index in [1.807, 2.05) is 30.4 Å². The average molecular weight is 213 g/mol. The molecule has 2 aromatic rings. The van der Waals surface area contributed by atoms with Crippen LogP contribution >= 0.6 is 0 Å². The van der Waals surface area contributed by atoms with Crippen molar-refractivity contribution in [3.63, 3.8) is 0 Å². The Morgan fingerprint density at radius 2 is 1.81 bits per heavy atom. The van der Waals surface area contributed by atoms with Gasteiger partial charge in [-0.2, -0.15) is 0 Å². The van der Waals surface area contributed by atoms with Gasteiger partial charge in [0.05, 0.1) is 0 Å². The highest BCUT2D eigenvalue weighted by Crippen LogP contribution is 2.19. The molecular formula is C14H15NO. The molecule has 2 rings (SSSR count). The van der Waals surface area contributed by atoms with E-state index >= 15 is 0 Å². The van der Waals surface area contributed by atoms with Crippen LogP contribution in [0.15, 0.2) is 42.5 Å². The predicted octanol–water partition coefficient (Wildman–Crippen LogP) is 2.82. The predicted molar refractivity (Wildman–Crippen MR) is 69.1 cm³/mol. The summed E-state index contributed by atoms with van der Waals surface area (Å²) in [4.78, 5) is 0. The molecule has 0 saturated heterocycles. The maximum atomic E-state index is 8.68. The number of hydrogen-bond donors (Lipinski definition) is 2. The van der Waals surface area contributed by atoms with E-state index < -0.39 is 0 Å². The second-order valence-electron chi connectivity index (χ2n) is 3.78. The van der Waals surface area contributed by atoms with Gasteiger partial charge in [-0.3, -0.25) is 0 Å². The summed E-state index contributed by atoms with van der Waals surface area (Å²) in [6, 6.07) is 12.1. The first-order chi connectivity index (χ1) is 7.79. The Labute approximate surface area is 95.0 Å². The molecule has 82 valence electrons. The van der Waals surface area contributed by atoms with Gasteiger partial charge in [-0.05, 0) is 41.0 Å². The lowest BCUT2D eigenvalue weighted by Crippen LogP contribution is -1.84. The number of nitrogen functional groups attached to an aromatic ring is 1. The molecule has 2 heteroatoms. The fourth-order valence-electron chi connectivity index (χ4n) is 1.68. The van der Waals surface area contributed by atoms with E-state index in [9.17, 15) is 0 Å². The number of benzene rings is 2. The van der Waals surface area contributed by atoms with Crippen molar-refractivity contribution >= 4 is 22.5 Å². The topological polar surface area (TPSA) is 46.2 Å². The number of nitrogens with two attached hydrogens (primary N) is 1. The second kappa shape index (κ2) is 4.81. The summed E-state index contributed by atoms with van der Waals surface area (Å²) in [7, 11) is 0. The maximum absolute atomic E-state index is 8.68. The normalized spacial score (nSPS) is 11.3. The van der Waals surface area contributed by atoms with Crippen molar-refractivity contribution in [2.45, 2.75) is 6.42 Å². The molecule has 0 aliphatic heterocycles. The Morgan fingerprint density at radius 3 is 2.62 bits per heavy atom. The van der Waals surface area contributed by atoms with Crippen molar-refractivity contribution in [3.8, 4) is 0 Å². The third kappa shape index (κ3) is 2.41. The molecule has 3 N–H and O–H groups in total. The molecule has 0 saturated carbocycles. The van der Waals surface area contributed by atoms with Gasteiger partial charge in [0.1, 0.15) is 0 Å². The van der Waals surface area contributed by atoms with Crippen LogP contribution in [0.2, 0.25) is 0 Å². The third-order valence-electron chi connectivity index (χ3n) is 2.49. The molecule has 0 aliphatic carbocycles. The van der Waals surface area contributed by atoms with Crippen LogP contribution in [0.4, 0.5) is 5.69 Å². The number of aliphatic hydroxyl groups is 1. The third-order valence-corrected chi connectivity index (χ3v) is 2.49. The molecule has 0 aromatic heterocycles. The molecule has 0 aliphatic rings. The highest BCUT2D eigenvalue weighted by molar-refractivity contribution is 5.87. The van der Waals surface area contributed by atoms with Crippen LogP contribution in [0, 0.1) is 0 Å². The highest BCUT2D eigenvalue weighted by Gasteiger charge is 1.94. The van der Waals surface area contributed by atoms with Crippen molar-refractivity contribution in [2.75, 3.05) is 12.3 Å². The maximum Gasteiger partial charge on any atom is 0.0465 e. The molecule has 0 amide bonds. The minimum atomic E-state index is 0.195. The molecule has 0 radical (unpaired) electrons. The van der Waals surface area contributed by atoms with Crippen LogP contribution in [-0.4, -0.2) is 11.7 Å². The fraction of sp³-hybridized carbons (Fsp3) is 0.143. The minimum absolute atomic E-state index is 0.195. The Kier molecular flexibility index (Phi) is 3.22. The van der Waals surface area contributed by atoms with Crippen molar-refractivity contribution in [3.05, 3.63) is 48.0 Å². The molecule has 0 fully saturated rings. The molecule has 2 aromatic carbocycles. The van der Waals surface area contributed by atoms with Crippen molar-refractivity contribution < 1.29 is 5.11 Å². The van der Waals surface area contributed by atoms with Gasteiger partial charge in [-0.25, -0.2) is 0 Å². The van der Waals surface area contributed by atoms with Gasteiger partial charge >= 0.3 is 0 Å². The second-order valence-corrected chi connectivity index (χ2v) is 3.78. The quantitative estimate of drug-likeness (QED) is 0.770. The van der Waals surface area contributed by atoms with Crippen molar-refractivity contribution in [1.29, 1.82) is 0 Å². The lowest BCUT2D eigenvalue weighted by Gasteiger charge is -2.01. The van der Waals surface area contributed by atoms with Crippen LogP contribution in [0.3, 0.4) is 0 Å². The molecule has 0 bridgehead atoms. The summed E-state index contributed by atoms with van der Waals surface area (Å²) >= 11 is 0. The first-order valence-electron chi connectivity index (χ1n) is 5.36. The first kappa shape index (κ1) is 10.7. The van der Waals surface area contributed by atoms with Gasteiger partial charge in [0.15, 0.2) is 0 Å². The summed E-state index contributed by atoms with van der Waals surface area (Å²) in [5, 5.41) is 11.0. The van der Waals surface area contributed by atoms with Gasteiger partial charge in [-0.15, -0.1) is 0 Å². The zero-order valence-corrected chi connectivity index (χ0v) is 9.06. The zero-order valence-electron chi connectivity index (χ0n) is 9.06. The van der Waals surface area contributed by atoms with E-state index in [-0.39, 0.29) is 6.61 Å². The van der Waals surface area contributed by atoms with E-state index in [0.29, 0.717) is 6.42 Å². The van der Waals surface area contributed by atoms with E-state index in [2.05, 4.69) is 18.2 Å². The van der Waals surface area contributed by atoms with E-state index in [0.717, 1.165) is 16.6 Å². The Bertz CT molecular complexity index is 517. The van der Waals surface area contributed by atoms with Crippen LogP contribution in [-0.2, 0) is 0 Å². The molecule has 16 heavy (non-hydrogen) atoms. The highest BCUT2D eigenvalue weighted by atomic mass is 16.2. The van der Waals surface area contributed by atoms with Crippen molar-refractivity contribution in [2.24, 2.45) is 0 Å². The monoisotopic (exact) mass is 213 g/mol. The number of anilines is 1. The Morgan fingerprint density at radius 1 is 1.06 bits per heavy atom. The summed E-state index contributed by atoms with van der Waals surface area (Å²) in [5.41, 5.74) is 7.65. The minimum Gasteiger partial charge on any atom is -0.399 e. The van der Waals surface area contributed by atoms with E-state index in [1.54, 1.807) is 0 Å². The van der Waals surface area contributed by atoms with Gasteiger partial charge in [0, 0.05) is 12.3 Å². The summed E-state index contributed by atoms with van der Waals surface area (Å²) in [6.07, 6.45) is 4.68. The number of rotatable bonds is 3. The van der Waals surface area contributed by atoms with Crippen LogP contribution in [0.1, 0.15) is 12.0 Å². The largest absolute Gasteiger partial charge is 0.399 e. The average Bonchev–Trinajstić information content (AvgIpc) is 2.29. The molecule has 0 unspecified atom stereocenters. The Balaban J connectivity index is 2.33. The standard InChI is InChI=1S/C14H15NO/c15-14-7-6-12-9-11(3-1-2-8-16)4-5-13(12)10-14/h1,3-7,9-10,16H,2,8,15H2. The first-order valence-corrected chi connectivity index (χ1v) is 5.36. The number of fused-ring (bicyclic) bond motifs is 1. The lowest BCUT2D eigenvalue weighted by atomic mass is 10.1. The van der Waals surface area contributed by atoms with Gasteiger partial charge in [0.2, 0.25) is 0 Å². The van der Waals surface area contributed by atoms with E-state index in [4.69, 9.17) is 10.8 Å². The summed E-state index contributed by atoms with van der Waals surface area (Å²) < 4.78 is 0. The summed E-state index contributed by atoms with van der Waals surface area (Å²) in [5.74, 6) is 0. The fourth-order valence-corrected chi connectivity index (χ4v) is 1.68. The van der Waals surface area contributed by atoms with Crippen LogP contribution < -0.4 is 5.73 Å². The van der Waals surface area contributed by atoms with Crippen LogP contribution in [0.5, 0.6) is 0 Å². The zero-order chi connectivity index (χ0) is 11.4. The van der Waals surface area contributed by atoms with Gasteiger partial charge in [-0.1, -0.05) is 30.4 Å². The molecular weight excluding hydrogens is 198 g/mol. The van der Waals surface area contributed by atoms with E-state index in [1.165, 1.54) is 5.39 Å². The SMILES string of the molecule is Nc1ccc2cc(C=CCCO)ccc2c1. The molecule has 0 atom stereocenters. The molecule has 2 nitrogen and oxygen atoms in total. The Hall–Kier alpha value is -1.80. The van der Waals surface area contributed by atoms with Gasteiger partial charge < -0.3 is 10.8 Å². The van der Waals surface area contributed by atoms with Gasteiger partial charge in [0.25, 0.3) is 0 Å². The number of aliphatic hydroxyl groups excluding tert-OH is 1. The molecule has 0 spiro atoms.